The van der Waals surface area contributed by atoms with E-state index >= 15 is 0 Å². The van der Waals surface area contributed by atoms with Crippen molar-refractivity contribution >= 4 is 81.6 Å². The number of carbonyl (C=O) groups is 4. The smallest absolute Gasteiger partial charge is 0.352 e. The molecule has 13 nitrogen and oxygen atoms in total. The lowest BCUT2D eigenvalue weighted by molar-refractivity contribution is -0.150. The number of amides is 3. The lowest BCUT2D eigenvalue weighted by atomic mass is 10.0. The van der Waals surface area contributed by atoms with Gasteiger partial charge in [0.25, 0.3) is 11.8 Å². The molecule has 0 radical (unpaired) electrons. The fourth-order valence-corrected chi connectivity index (χ4v) is 6.91. The number of fused-ring (bicyclic) bond motifs is 1. The molecule has 2 fully saturated rings. The number of aromatic nitrogens is 3. The Labute approximate surface area is 220 Å². The van der Waals surface area contributed by atoms with Gasteiger partial charge in [0.1, 0.15) is 33.9 Å². The molecule has 4 heterocycles. The van der Waals surface area contributed by atoms with Crippen molar-refractivity contribution in [2.24, 2.45) is 5.16 Å². The number of hydrogen-bond donors (Lipinski definition) is 3. The van der Waals surface area contributed by atoms with Crippen molar-refractivity contribution in [3.05, 3.63) is 28.5 Å². The summed E-state index contributed by atoms with van der Waals surface area (Å²) >= 11 is 4.88. The van der Waals surface area contributed by atoms with Crippen LogP contribution in [0.2, 0.25) is 0 Å². The first kappa shape index (κ1) is 24.7. The van der Waals surface area contributed by atoms with E-state index in [-0.39, 0.29) is 28.3 Å². The van der Waals surface area contributed by atoms with Crippen LogP contribution in [0.25, 0.3) is 0 Å². The van der Waals surface area contributed by atoms with Crippen LogP contribution in [0.4, 0.5) is 5.13 Å². The summed E-state index contributed by atoms with van der Waals surface area (Å²) in [6.07, 6.45) is 3.64. The van der Waals surface area contributed by atoms with Crippen molar-refractivity contribution in [2.45, 2.75) is 35.4 Å². The van der Waals surface area contributed by atoms with E-state index in [1.807, 2.05) is 0 Å². The van der Waals surface area contributed by atoms with Crippen LogP contribution in [-0.2, 0) is 24.0 Å². The third-order valence-electron chi connectivity index (χ3n) is 5.23. The molecule has 1 saturated carbocycles. The normalized spacial score (nSPS) is 21.5. The van der Waals surface area contributed by atoms with Crippen LogP contribution in [0.15, 0.2) is 33.0 Å². The van der Waals surface area contributed by atoms with E-state index in [9.17, 15) is 24.3 Å². The Hall–Kier alpha value is -3.02. The van der Waals surface area contributed by atoms with Gasteiger partial charge in [-0.2, -0.15) is 8.75 Å². The summed E-state index contributed by atoms with van der Waals surface area (Å²) in [5.74, 6) is -1.69. The quantitative estimate of drug-likeness (QED) is 0.116. The molecule has 0 unspecified atom stereocenters. The lowest BCUT2D eigenvalue weighted by Gasteiger charge is -2.49. The molecule has 2 aliphatic heterocycles. The molecule has 3 N–H and O–H groups in total. The summed E-state index contributed by atoms with van der Waals surface area (Å²) in [6.45, 7) is 0. The molecule has 3 amide bonds. The molecule has 0 spiro atoms. The van der Waals surface area contributed by atoms with Gasteiger partial charge in [-0.05, 0) is 18.4 Å². The average molecular weight is 568 g/mol. The Morgan fingerprint density at radius 2 is 2.22 bits per heavy atom. The molecular weight excluding hydrogens is 551 g/mol. The number of aliphatic carboxylic acids is 1. The highest BCUT2D eigenvalue weighted by molar-refractivity contribution is 8.01. The number of oxime groups is 1. The number of β-lactam (4-membered cyclic amide) rings is 1. The summed E-state index contributed by atoms with van der Waals surface area (Å²) in [6, 6.07) is -0.939. The Morgan fingerprint density at radius 1 is 1.39 bits per heavy atom. The van der Waals surface area contributed by atoms with Crippen molar-refractivity contribution in [2.75, 3.05) is 16.8 Å². The third-order valence-corrected chi connectivity index (χ3v) is 8.93. The largest absolute Gasteiger partial charge is 0.477 e. The van der Waals surface area contributed by atoms with Crippen molar-refractivity contribution in [1.29, 1.82) is 0 Å². The Balaban J connectivity index is 1.30. The van der Waals surface area contributed by atoms with Gasteiger partial charge in [-0.15, -0.1) is 23.1 Å². The molecule has 2 atom stereocenters. The van der Waals surface area contributed by atoms with E-state index in [1.54, 1.807) is 6.20 Å². The molecule has 36 heavy (non-hydrogen) atoms. The summed E-state index contributed by atoms with van der Waals surface area (Å²) in [5.41, 5.74) is 0.578. The van der Waals surface area contributed by atoms with Crippen molar-refractivity contribution in [1.82, 2.24) is 23.9 Å². The van der Waals surface area contributed by atoms with Gasteiger partial charge in [0, 0.05) is 16.9 Å². The molecule has 0 aromatic carbocycles. The number of thioether (sulfide) groups is 2. The lowest BCUT2D eigenvalue weighted by Crippen LogP contribution is -2.71. The summed E-state index contributed by atoms with van der Waals surface area (Å²) in [7, 11) is 0. The maximum absolute atomic E-state index is 13.1. The van der Waals surface area contributed by atoms with Crippen molar-refractivity contribution < 1.29 is 29.1 Å². The molecule has 2 aromatic rings. The number of nitrogens with zero attached hydrogens (tertiary/aromatic N) is 5. The Morgan fingerprint density at radius 3 is 2.92 bits per heavy atom. The molecular formula is C19H17N7O6S4. The first-order chi connectivity index (χ1) is 17.5. The SMILES string of the molecule is O=CNc1nc(C(=NOC2CC2)C(=O)N[C@@H]2C(=O)N3C(C(=O)O)=C(CSc4cnsn4)CS[C@@H]23)cs1. The molecule has 188 valence electrons. The number of carboxylic acids is 1. The maximum Gasteiger partial charge on any atom is 0.352 e. The van der Waals surface area contributed by atoms with Crippen LogP contribution >= 0.6 is 46.6 Å². The zero-order chi connectivity index (χ0) is 25.2. The molecule has 3 aliphatic rings. The van der Waals surface area contributed by atoms with Crippen molar-refractivity contribution in [3.8, 4) is 0 Å². The fourth-order valence-electron chi connectivity index (χ4n) is 3.39. The number of rotatable bonds is 11. The summed E-state index contributed by atoms with van der Waals surface area (Å²) in [5, 5.41) is 20.8. The van der Waals surface area contributed by atoms with Gasteiger partial charge in [0.15, 0.2) is 10.8 Å². The second kappa shape index (κ2) is 10.5. The zero-order valence-electron chi connectivity index (χ0n) is 18.2. The number of carboxylic acid groups (broad SMARTS) is 1. The predicted molar refractivity (Wildman–Crippen MR) is 133 cm³/mol. The average Bonchev–Trinajstić information content (AvgIpc) is 3.33. The Kier molecular flexibility index (Phi) is 7.22. The van der Waals surface area contributed by atoms with Crippen molar-refractivity contribution in [3.63, 3.8) is 0 Å². The Bertz CT molecular complexity index is 1260. The minimum Gasteiger partial charge on any atom is -0.477 e. The van der Waals surface area contributed by atoms with Crippen LogP contribution in [0, 0.1) is 0 Å². The van der Waals surface area contributed by atoms with E-state index in [1.165, 1.54) is 33.8 Å². The number of nitrogens with one attached hydrogen (secondary N) is 2. The second-order valence-corrected chi connectivity index (χ2v) is 11.2. The first-order valence-corrected chi connectivity index (χ1v) is 14.1. The summed E-state index contributed by atoms with van der Waals surface area (Å²) in [4.78, 5) is 59.6. The molecule has 0 bridgehead atoms. The van der Waals surface area contributed by atoms with E-state index in [2.05, 4.69) is 29.5 Å². The second-order valence-electron chi connectivity index (χ2n) is 7.70. The molecule has 1 saturated heterocycles. The van der Waals surface area contributed by atoms with E-state index < -0.39 is 29.2 Å². The minimum absolute atomic E-state index is 0.0695. The highest BCUT2D eigenvalue weighted by Gasteiger charge is 2.54. The number of carbonyl (C=O) groups excluding carboxylic acids is 3. The van der Waals surface area contributed by atoms with Gasteiger partial charge in [-0.25, -0.2) is 9.78 Å². The minimum atomic E-state index is -1.21. The van der Waals surface area contributed by atoms with E-state index in [0.717, 1.165) is 35.9 Å². The zero-order valence-corrected chi connectivity index (χ0v) is 21.4. The first-order valence-electron chi connectivity index (χ1n) is 10.5. The number of hydrogen-bond acceptors (Lipinski definition) is 13. The number of anilines is 1. The van der Waals surface area contributed by atoms with Crippen LogP contribution in [-0.4, -0.2) is 82.7 Å². The third kappa shape index (κ3) is 5.09. The molecule has 17 heteroatoms. The van der Waals surface area contributed by atoms with Crippen LogP contribution in [0.3, 0.4) is 0 Å². The monoisotopic (exact) mass is 567 g/mol. The predicted octanol–water partition coefficient (Wildman–Crippen LogP) is 0.977. The van der Waals surface area contributed by atoms with Crippen LogP contribution in [0.5, 0.6) is 0 Å². The van der Waals surface area contributed by atoms with Gasteiger partial charge >= 0.3 is 5.97 Å². The van der Waals surface area contributed by atoms with Gasteiger partial charge in [0.2, 0.25) is 6.41 Å². The van der Waals surface area contributed by atoms with Crippen LogP contribution in [0.1, 0.15) is 18.5 Å². The topological polar surface area (TPSA) is 176 Å². The maximum atomic E-state index is 13.1. The van der Waals surface area contributed by atoms with Gasteiger partial charge in [0.05, 0.1) is 17.9 Å². The highest BCUT2D eigenvalue weighted by Crippen LogP contribution is 2.41. The van der Waals surface area contributed by atoms with E-state index in [0.29, 0.717) is 28.5 Å². The number of thiazole rings is 1. The fraction of sp³-hybridized carbons (Fsp3) is 0.368. The van der Waals surface area contributed by atoms with Gasteiger partial charge in [-0.1, -0.05) is 16.9 Å². The highest BCUT2D eigenvalue weighted by atomic mass is 32.2. The standard InChI is InChI=1S/C19H17N7O6S4/c27-7-20-19-22-10(6-35-19)12(24-32-9-1-2-9)15(28)23-13-16(29)26-14(18(30)31)8(5-34-17(13)26)4-33-11-3-21-36-25-11/h3,6-7,9,13,17H,1-2,4-5H2,(H,23,28)(H,30,31)(H,20,22,27)/t13-,17+/m1/s1. The van der Waals surface area contributed by atoms with Crippen LogP contribution < -0.4 is 10.6 Å². The molecule has 2 aromatic heterocycles. The van der Waals surface area contributed by atoms with Gasteiger partial charge in [-0.3, -0.25) is 19.3 Å². The molecule has 5 rings (SSSR count). The van der Waals surface area contributed by atoms with Gasteiger partial charge < -0.3 is 20.6 Å². The summed E-state index contributed by atoms with van der Waals surface area (Å²) < 4.78 is 8.03. The molecule has 1 aliphatic carbocycles. The van der Waals surface area contributed by atoms with E-state index in [4.69, 9.17) is 4.84 Å².